The molecule has 1 nitrogen and oxygen atoms in total. The molecular formula is C48H37B7O. The molecule has 0 N–H and O–H groups in total. The van der Waals surface area contributed by atoms with Gasteiger partial charge in [0.05, 0.1) is 0 Å². The fraction of sp³-hybridized carbons (Fsp3) is 0. The van der Waals surface area contributed by atoms with Crippen LogP contribution in [-0.2, 0) is 0 Å². The third-order valence-corrected chi connectivity index (χ3v) is 13.0. The zero-order chi connectivity index (χ0) is 38.4. The monoisotopic (exact) mass is 706 g/mol. The molecule has 0 spiro atoms. The Balaban J connectivity index is 1.36. The van der Waals surface area contributed by atoms with E-state index in [1.807, 2.05) is 0 Å². The lowest BCUT2D eigenvalue weighted by molar-refractivity contribution is 0.669. The molecule has 8 heteroatoms. The Morgan fingerprint density at radius 1 is 0.286 bits per heavy atom. The summed E-state index contributed by atoms with van der Waals surface area (Å²) in [6, 6.07) is 51.0. The molecule has 0 atom stereocenters. The van der Waals surface area contributed by atoms with Gasteiger partial charge in [0.15, 0.2) is 0 Å². The molecule has 0 saturated carbocycles. The van der Waals surface area contributed by atoms with E-state index in [9.17, 15) is 0 Å². The van der Waals surface area contributed by atoms with Gasteiger partial charge < -0.3 is 4.42 Å². The molecule has 0 unspecified atom stereocenters. The van der Waals surface area contributed by atoms with Crippen LogP contribution in [0.2, 0.25) is 0 Å². The zero-order valence-corrected chi connectivity index (χ0v) is 33.2. The Labute approximate surface area is 334 Å². The van der Waals surface area contributed by atoms with E-state index >= 15 is 0 Å². The van der Waals surface area contributed by atoms with Crippen LogP contribution in [0.25, 0.3) is 98.8 Å². The predicted molar refractivity (Wildman–Crippen MR) is 265 cm³/mol. The zero-order valence-electron chi connectivity index (χ0n) is 33.2. The van der Waals surface area contributed by atoms with Crippen LogP contribution >= 0.6 is 0 Å². The van der Waals surface area contributed by atoms with Crippen LogP contribution in [0.15, 0.2) is 144 Å². The summed E-state index contributed by atoms with van der Waals surface area (Å²) in [4.78, 5) is 0. The quantitative estimate of drug-likeness (QED) is 0.200. The molecule has 1 heterocycles. The normalized spacial score (nSPS) is 11.7. The van der Waals surface area contributed by atoms with E-state index in [0.29, 0.717) is 0 Å². The largest absolute Gasteiger partial charge is 0.456 e. The predicted octanol–water partition coefficient (Wildman–Crippen LogP) is 1.52. The summed E-state index contributed by atoms with van der Waals surface area (Å²) >= 11 is 0. The standard InChI is InChI=1S/C48H37B7O/c49-42-37(26-9-2-1-3-10-26)43(50)44(51)39-35(27-17-14-25(15-18-27)29-19-16-24-8-4-5-11-28(24)22-29)40-41(46(53)48(55)47(54)45(40)52)36(38(39)42)30-20-21-34-32(23-30)31-12-6-7-13-33(31)56-34/h1-23H,49-55H2. The van der Waals surface area contributed by atoms with E-state index < -0.39 is 0 Å². The van der Waals surface area contributed by atoms with Crippen molar-refractivity contribution in [2.75, 3.05) is 0 Å². The van der Waals surface area contributed by atoms with Crippen LogP contribution in [-0.4, -0.2) is 54.9 Å². The third-order valence-electron chi connectivity index (χ3n) is 13.0. The van der Waals surface area contributed by atoms with E-state index in [0.717, 1.165) is 21.9 Å². The Kier molecular flexibility index (Phi) is 8.05. The second kappa shape index (κ2) is 13.1. The van der Waals surface area contributed by atoms with Gasteiger partial charge in [-0.25, -0.2) is 0 Å². The minimum absolute atomic E-state index is 0.917. The third kappa shape index (κ3) is 5.12. The van der Waals surface area contributed by atoms with Crippen molar-refractivity contribution < 1.29 is 4.42 Å². The summed E-state index contributed by atoms with van der Waals surface area (Å²) in [6.45, 7) is 0. The van der Waals surface area contributed by atoms with E-state index in [1.54, 1.807) is 0 Å². The van der Waals surface area contributed by atoms with Gasteiger partial charge in [-0.2, -0.15) is 0 Å². The lowest BCUT2D eigenvalue weighted by atomic mass is 9.60. The van der Waals surface area contributed by atoms with Crippen molar-refractivity contribution in [3.63, 3.8) is 0 Å². The highest BCUT2D eigenvalue weighted by Crippen LogP contribution is 2.43. The molecule has 0 fully saturated rings. The average molecular weight is 706 g/mol. The molecule has 56 heavy (non-hydrogen) atoms. The Hall–Kier alpha value is -5.99. The molecule has 0 aliphatic rings. The summed E-state index contributed by atoms with van der Waals surface area (Å²) in [5.41, 5.74) is 21.3. The first-order valence-electron chi connectivity index (χ1n) is 19.8. The van der Waals surface area contributed by atoms with Gasteiger partial charge in [-0.3, -0.25) is 0 Å². The molecule has 0 amide bonds. The summed E-state index contributed by atoms with van der Waals surface area (Å²) in [5.74, 6) is 0. The highest BCUT2D eigenvalue weighted by Gasteiger charge is 2.26. The van der Waals surface area contributed by atoms with Crippen molar-refractivity contribution in [3.8, 4) is 44.5 Å². The molecule has 9 aromatic carbocycles. The van der Waals surface area contributed by atoms with Crippen LogP contribution in [0.5, 0.6) is 0 Å². The number of benzene rings is 9. The smallest absolute Gasteiger partial charge is 0.140 e. The molecule has 256 valence electrons. The number of furan rings is 1. The van der Waals surface area contributed by atoms with Crippen LogP contribution in [0.4, 0.5) is 0 Å². The van der Waals surface area contributed by atoms with Gasteiger partial charge in [-0.1, -0.05) is 143 Å². The second-order valence-corrected chi connectivity index (χ2v) is 15.8. The highest BCUT2D eigenvalue weighted by molar-refractivity contribution is 6.69. The lowest BCUT2D eigenvalue weighted by Crippen LogP contribution is -2.48. The minimum atomic E-state index is 0.917. The summed E-state index contributed by atoms with van der Waals surface area (Å²) in [5, 5.41) is 10.2. The fourth-order valence-electron chi connectivity index (χ4n) is 9.66. The van der Waals surface area contributed by atoms with Gasteiger partial charge in [-0.15, -0.1) is 10.9 Å². The Morgan fingerprint density at radius 3 is 1.50 bits per heavy atom. The topological polar surface area (TPSA) is 13.1 Å². The van der Waals surface area contributed by atoms with Gasteiger partial charge in [0.1, 0.15) is 66.1 Å². The molecule has 0 saturated heterocycles. The number of hydrogen-bond donors (Lipinski definition) is 0. The molecule has 10 aromatic rings. The van der Waals surface area contributed by atoms with Crippen LogP contribution in [0.1, 0.15) is 0 Å². The maximum Gasteiger partial charge on any atom is 0.140 e. The first-order valence-corrected chi connectivity index (χ1v) is 19.8. The van der Waals surface area contributed by atoms with Gasteiger partial charge >= 0.3 is 0 Å². The van der Waals surface area contributed by atoms with Gasteiger partial charge in [-0.05, 0) is 101 Å². The SMILES string of the molecule is Bc1c(B)c(B)c2c(-c3ccc4oc5ccccc5c4c3)c3c(B)c(-c4ccccc4)c(B)c(B)c3c(-c3ccc(-c4ccc5ccccc5c4)cc3)c2c1B. The van der Waals surface area contributed by atoms with Gasteiger partial charge in [0, 0.05) is 10.8 Å². The first-order chi connectivity index (χ1) is 27.2. The second-order valence-electron chi connectivity index (χ2n) is 15.8. The Bertz CT molecular complexity index is 3260. The van der Waals surface area contributed by atoms with Crippen molar-refractivity contribution in [2.24, 2.45) is 0 Å². The number of rotatable bonds is 4. The van der Waals surface area contributed by atoms with E-state index in [4.69, 9.17) is 4.42 Å². The number of hydrogen-bond acceptors (Lipinski definition) is 1. The first kappa shape index (κ1) is 34.5. The fourth-order valence-corrected chi connectivity index (χ4v) is 9.66. The molecule has 0 bridgehead atoms. The summed E-state index contributed by atoms with van der Waals surface area (Å²) in [6.07, 6.45) is 0. The van der Waals surface area contributed by atoms with Gasteiger partial charge in [0.2, 0.25) is 0 Å². The Morgan fingerprint density at radius 2 is 0.786 bits per heavy atom. The molecule has 0 radical (unpaired) electrons. The molecule has 0 aliphatic heterocycles. The van der Waals surface area contributed by atoms with Crippen molar-refractivity contribution in [1.29, 1.82) is 0 Å². The average Bonchev–Trinajstić information content (AvgIpc) is 3.61. The lowest BCUT2D eigenvalue weighted by Gasteiger charge is -2.28. The van der Waals surface area contributed by atoms with Crippen molar-refractivity contribution in [3.05, 3.63) is 140 Å². The maximum atomic E-state index is 6.37. The number of fused-ring (bicyclic) bond motifs is 6. The van der Waals surface area contributed by atoms with Gasteiger partial charge in [0.25, 0.3) is 0 Å². The van der Waals surface area contributed by atoms with E-state index in [2.05, 4.69) is 194 Å². The highest BCUT2D eigenvalue weighted by atomic mass is 16.3. The van der Waals surface area contributed by atoms with Crippen molar-refractivity contribution in [1.82, 2.24) is 0 Å². The maximum absolute atomic E-state index is 6.37. The molecule has 1 aromatic heterocycles. The molecule has 0 aliphatic carbocycles. The van der Waals surface area contributed by atoms with E-state index in [-0.39, 0.29) is 0 Å². The summed E-state index contributed by atoms with van der Waals surface area (Å²) in [7, 11) is 16.3. The van der Waals surface area contributed by atoms with Crippen LogP contribution < -0.4 is 38.2 Å². The van der Waals surface area contributed by atoms with Crippen molar-refractivity contribution >= 4 is 147 Å². The van der Waals surface area contributed by atoms with Crippen LogP contribution in [0.3, 0.4) is 0 Å². The molecule has 10 rings (SSSR count). The summed E-state index contributed by atoms with van der Waals surface area (Å²) < 4.78 is 6.37. The molecular weight excluding hydrogens is 668 g/mol. The number of para-hydroxylation sites is 1. The van der Waals surface area contributed by atoms with E-state index in [1.165, 1.54) is 115 Å². The van der Waals surface area contributed by atoms with Crippen LogP contribution in [0, 0.1) is 0 Å². The minimum Gasteiger partial charge on any atom is -0.456 e. The van der Waals surface area contributed by atoms with Crippen molar-refractivity contribution in [2.45, 2.75) is 0 Å².